The first-order valence-electron chi connectivity index (χ1n) is 9.77. The van der Waals surface area contributed by atoms with Gasteiger partial charge in [-0.05, 0) is 66.5 Å². The third-order valence-electron chi connectivity index (χ3n) is 6.43. The van der Waals surface area contributed by atoms with Crippen LogP contribution in [0.4, 0.5) is 5.69 Å². The molecule has 0 unspecified atom stereocenters. The summed E-state index contributed by atoms with van der Waals surface area (Å²) in [4.78, 5) is 24.9. The minimum absolute atomic E-state index is 0.0222. The van der Waals surface area contributed by atoms with Crippen molar-refractivity contribution < 1.29 is 19.4 Å². The number of nitrogens with one attached hydrogen (secondary N) is 1. The van der Waals surface area contributed by atoms with Crippen LogP contribution in [0.3, 0.4) is 0 Å². The first-order chi connectivity index (χ1) is 14.0. The van der Waals surface area contributed by atoms with Crippen LogP contribution >= 0.6 is 11.6 Å². The molecule has 1 amide bonds. The van der Waals surface area contributed by atoms with Gasteiger partial charge in [0.25, 0.3) is 0 Å². The fraction of sp³-hybridized carbons (Fsp3) is 0.304. The number of ether oxygens (including phenoxy) is 1. The number of hydrogen-bond donors (Lipinski definition) is 2. The lowest BCUT2D eigenvalue weighted by Gasteiger charge is -2.41. The molecule has 2 saturated carbocycles. The van der Waals surface area contributed by atoms with Crippen molar-refractivity contribution in [2.24, 2.45) is 35.5 Å². The van der Waals surface area contributed by atoms with Gasteiger partial charge in [-0.25, -0.2) is 0 Å². The Balaban J connectivity index is 1.30. The first kappa shape index (κ1) is 18.3. The summed E-state index contributed by atoms with van der Waals surface area (Å²) < 4.78 is 5.76. The number of rotatable bonds is 5. The molecule has 5 nitrogen and oxygen atoms in total. The van der Waals surface area contributed by atoms with Gasteiger partial charge >= 0.3 is 5.97 Å². The minimum Gasteiger partial charge on any atom is -0.481 e. The summed E-state index contributed by atoms with van der Waals surface area (Å²) in [6.45, 7) is 0. The van der Waals surface area contributed by atoms with Crippen molar-refractivity contribution in [3.63, 3.8) is 0 Å². The van der Waals surface area contributed by atoms with Gasteiger partial charge in [-0.2, -0.15) is 0 Å². The number of carboxylic acids is 1. The van der Waals surface area contributed by atoms with Crippen molar-refractivity contribution in [1.82, 2.24) is 0 Å². The van der Waals surface area contributed by atoms with E-state index in [0.29, 0.717) is 34.0 Å². The molecule has 0 aromatic heterocycles. The predicted octanol–water partition coefficient (Wildman–Crippen LogP) is 4.84. The zero-order chi connectivity index (χ0) is 20.1. The van der Waals surface area contributed by atoms with Crippen molar-refractivity contribution in [2.45, 2.75) is 6.42 Å². The van der Waals surface area contributed by atoms with Gasteiger partial charge in [-0.15, -0.1) is 0 Å². The largest absolute Gasteiger partial charge is 0.481 e. The lowest BCUT2D eigenvalue weighted by Crippen LogP contribution is -2.48. The van der Waals surface area contributed by atoms with E-state index in [1.54, 1.807) is 36.4 Å². The van der Waals surface area contributed by atoms with Crippen LogP contribution in [0.15, 0.2) is 60.7 Å². The fourth-order valence-corrected chi connectivity index (χ4v) is 5.23. The van der Waals surface area contributed by atoms with Gasteiger partial charge in [0.05, 0.1) is 16.9 Å². The van der Waals surface area contributed by atoms with Crippen molar-refractivity contribution in [3.8, 4) is 11.5 Å². The zero-order valence-corrected chi connectivity index (χ0v) is 16.3. The second-order valence-electron chi connectivity index (χ2n) is 8.04. The number of para-hydroxylation sites is 1. The summed E-state index contributed by atoms with van der Waals surface area (Å²) in [5, 5.41) is 13.2. The van der Waals surface area contributed by atoms with E-state index in [4.69, 9.17) is 16.3 Å². The van der Waals surface area contributed by atoms with Crippen LogP contribution < -0.4 is 10.1 Å². The SMILES string of the molecule is O=C(O)[C@H]1[C@@H]2C=C[C@@H]([C@H]3C[C@H]23)[C@@H]1C(=O)Nc1ccc(Oc2ccccc2Cl)cc1. The molecule has 0 heterocycles. The zero-order valence-electron chi connectivity index (χ0n) is 15.5. The van der Waals surface area contributed by atoms with Crippen LogP contribution in [0, 0.1) is 35.5 Å². The van der Waals surface area contributed by atoms with Crippen LogP contribution in [-0.2, 0) is 9.59 Å². The van der Waals surface area contributed by atoms with Crippen molar-refractivity contribution in [3.05, 3.63) is 65.7 Å². The molecule has 2 aromatic carbocycles. The van der Waals surface area contributed by atoms with Crippen molar-refractivity contribution >= 4 is 29.2 Å². The standard InChI is InChI=1S/C23H20ClNO4/c24-18-3-1-2-4-19(18)29-13-7-5-12(6-8-13)25-22(26)20-14-9-10-15(17-11-16(14)17)21(20)23(27)28/h1-10,14-17,20-21H,11H2,(H,25,26)(H,27,28)/t14-,15+,16+,17+,20-,21-/m0/s1. The molecule has 148 valence electrons. The number of allylic oxidation sites excluding steroid dienone is 2. The molecule has 2 bridgehead atoms. The average Bonchev–Trinajstić information content (AvgIpc) is 3.53. The van der Waals surface area contributed by atoms with Gasteiger partial charge < -0.3 is 15.2 Å². The second-order valence-corrected chi connectivity index (χ2v) is 8.45. The quantitative estimate of drug-likeness (QED) is 0.693. The van der Waals surface area contributed by atoms with Gasteiger partial charge in [-0.1, -0.05) is 35.9 Å². The Labute approximate surface area is 173 Å². The highest BCUT2D eigenvalue weighted by atomic mass is 35.5. The highest BCUT2D eigenvalue weighted by Crippen LogP contribution is 2.63. The predicted molar refractivity (Wildman–Crippen MR) is 109 cm³/mol. The number of carbonyl (C=O) groups is 2. The first-order valence-corrected chi connectivity index (χ1v) is 10.1. The summed E-state index contributed by atoms with van der Waals surface area (Å²) in [7, 11) is 0. The summed E-state index contributed by atoms with van der Waals surface area (Å²) in [5.41, 5.74) is 0.614. The Hall–Kier alpha value is -2.79. The molecular weight excluding hydrogens is 390 g/mol. The van der Waals surface area contributed by atoms with E-state index in [-0.39, 0.29) is 17.7 Å². The summed E-state index contributed by atoms with van der Waals surface area (Å²) in [6, 6.07) is 14.2. The third-order valence-corrected chi connectivity index (χ3v) is 6.74. The maximum absolute atomic E-state index is 13.0. The Bertz CT molecular complexity index is 1000. The highest BCUT2D eigenvalue weighted by molar-refractivity contribution is 6.32. The number of benzene rings is 2. The maximum atomic E-state index is 13.0. The van der Waals surface area contributed by atoms with Crippen LogP contribution in [0.2, 0.25) is 5.02 Å². The molecule has 4 aliphatic carbocycles. The van der Waals surface area contributed by atoms with Crippen LogP contribution in [0.1, 0.15) is 6.42 Å². The Morgan fingerprint density at radius 1 is 0.966 bits per heavy atom. The molecule has 0 saturated heterocycles. The number of halogens is 1. The molecule has 0 aliphatic heterocycles. The second kappa shape index (κ2) is 6.92. The van der Waals surface area contributed by atoms with Gasteiger partial charge in [0.2, 0.25) is 5.91 Å². The molecule has 6 atom stereocenters. The topological polar surface area (TPSA) is 75.6 Å². The molecule has 6 heteroatoms. The number of carboxylic acid groups (broad SMARTS) is 1. The number of aliphatic carboxylic acids is 1. The molecule has 0 spiro atoms. The molecule has 6 rings (SSSR count). The molecule has 4 aliphatic rings. The van der Waals surface area contributed by atoms with Crippen molar-refractivity contribution in [2.75, 3.05) is 5.32 Å². The number of fused-ring (bicyclic) bond motifs is 1. The lowest BCUT2D eigenvalue weighted by atomic mass is 9.62. The smallest absolute Gasteiger partial charge is 0.307 e. The Kier molecular flexibility index (Phi) is 4.36. The average molecular weight is 410 g/mol. The Morgan fingerprint density at radius 3 is 2.28 bits per heavy atom. The fourth-order valence-electron chi connectivity index (χ4n) is 5.06. The summed E-state index contributed by atoms with van der Waals surface area (Å²) in [5.74, 6) is -0.209. The van der Waals surface area contributed by atoms with E-state index in [1.807, 2.05) is 18.2 Å². The van der Waals surface area contributed by atoms with E-state index >= 15 is 0 Å². The molecular formula is C23H20ClNO4. The van der Waals surface area contributed by atoms with Crippen molar-refractivity contribution in [1.29, 1.82) is 0 Å². The monoisotopic (exact) mass is 409 g/mol. The van der Waals surface area contributed by atoms with E-state index in [2.05, 4.69) is 11.4 Å². The maximum Gasteiger partial charge on any atom is 0.307 e. The van der Waals surface area contributed by atoms with Gasteiger partial charge in [0.15, 0.2) is 0 Å². The number of hydrogen-bond acceptors (Lipinski definition) is 3. The van der Waals surface area contributed by atoms with E-state index < -0.39 is 17.8 Å². The normalized spacial score (nSPS) is 31.1. The number of amides is 1. The number of carbonyl (C=O) groups excluding carboxylic acids is 1. The minimum atomic E-state index is -0.877. The van der Waals surface area contributed by atoms with Crippen LogP contribution in [-0.4, -0.2) is 17.0 Å². The molecule has 2 aromatic rings. The lowest BCUT2D eigenvalue weighted by molar-refractivity contribution is -0.152. The van der Waals surface area contributed by atoms with E-state index in [1.165, 1.54) is 0 Å². The van der Waals surface area contributed by atoms with Crippen LogP contribution in [0.25, 0.3) is 0 Å². The van der Waals surface area contributed by atoms with Crippen LogP contribution in [0.5, 0.6) is 11.5 Å². The van der Waals surface area contributed by atoms with E-state index in [9.17, 15) is 14.7 Å². The molecule has 2 N–H and O–H groups in total. The number of anilines is 1. The highest BCUT2D eigenvalue weighted by Gasteiger charge is 2.62. The molecule has 29 heavy (non-hydrogen) atoms. The van der Waals surface area contributed by atoms with Gasteiger partial charge in [0.1, 0.15) is 11.5 Å². The molecule has 0 radical (unpaired) electrons. The summed E-state index contributed by atoms with van der Waals surface area (Å²) >= 11 is 6.11. The Morgan fingerprint density at radius 2 is 1.62 bits per heavy atom. The molecule has 2 fully saturated rings. The summed E-state index contributed by atoms with van der Waals surface area (Å²) in [6.07, 6.45) is 5.11. The van der Waals surface area contributed by atoms with Gasteiger partial charge in [-0.3, -0.25) is 9.59 Å². The third kappa shape index (κ3) is 3.19. The van der Waals surface area contributed by atoms with E-state index in [0.717, 1.165) is 6.42 Å². The van der Waals surface area contributed by atoms with Gasteiger partial charge in [0, 0.05) is 5.69 Å².